The van der Waals surface area contributed by atoms with Crippen molar-refractivity contribution in [2.45, 2.75) is 37.6 Å². The lowest BCUT2D eigenvalue weighted by atomic mass is 9.98. The second-order valence-corrected chi connectivity index (χ2v) is 9.68. The molecule has 2 aromatic carbocycles. The van der Waals surface area contributed by atoms with Crippen LogP contribution in [0.5, 0.6) is 0 Å². The number of alkyl carbamates (subject to hydrolysis) is 1. The van der Waals surface area contributed by atoms with Gasteiger partial charge >= 0.3 is 12.1 Å². The number of carboxylic acids is 1. The standard InChI is InChI=1S/C27H30N2O6/c30-24(31)9-11-34-12-10-28-25(32)27-14-17(27)13-18(15-27)29-26(33)35-16-23-21-7-3-1-5-19(21)20-6-2-4-8-22(20)23/h1-8,17-18,23H,9-16H2,(H,28,32)(H,29,33)(H,30,31)/t17-,18+,27+/m0/s1. The maximum atomic E-state index is 12.7. The van der Waals surface area contributed by atoms with E-state index in [0.717, 1.165) is 12.8 Å². The van der Waals surface area contributed by atoms with Crippen LogP contribution in [0.4, 0.5) is 4.79 Å². The lowest BCUT2D eigenvalue weighted by Crippen LogP contribution is -2.39. The van der Waals surface area contributed by atoms with Gasteiger partial charge in [0.2, 0.25) is 5.91 Å². The molecule has 5 rings (SSSR count). The molecule has 0 saturated heterocycles. The second kappa shape index (κ2) is 9.70. The number of nitrogens with one attached hydrogen (secondary N) is 2. The number of fused-ring (bicyclic) bond motifs is 4. The lowest BCUT2D eigenvalue weighted by molar-refractivity contribution is -0.138. The van der Waals surface area contributed by atoms with Crippen molar-refractivity contribution in [2.24, 2.45) is 11.3 Å². The smallest absolute Gasteiger partial charge is 0.407 e. The summed E-state index contributed by atoms with van der Waals surface area (Å²) in [5, 5.41) is 14.5. The van der Waals surface area contributed by atoms with Crippen LogP contribution in [0.3, 0.4) is 0 Å². The van der Waals surface area contributed by atoms with Gasteiger partial charge in [-0.3, -0.25) is 9.59 Å². The Kier molecular flexibility index (Phi) is 6.47. The quantitative estimate of drug-likeness (QED) is 0.452. The molecule has 2 aromatic rings. The van der Waals surface area contributed by atoms with Crippen LogP contribution in [0, 0.1) is 11.3 Å². The number of carbonyl (C=O) groups excluding carboxylic acids is 2. The van der Waals surface area contributed by atoms with Gasteiger partial charge in [-0.25, -0.2) is 4.79 Å². The van der Waals surface area contributed by atoms with E-state index in [2.05, 4.69) is 34.9 Å². The van der Waals surface area contributed by atoms with E-state index in [0.29, 0.717) is 13.0 Å². The molecule has 0 aliphatic heterocycles. The third-order valence-electron chi connectivity index (χ3n) is 7.52. The van der Waals surface area contributed by atoms with Gasteiger partial charge in [0.15, 0.2) is 0 Å². The fraction of sp³-hybridized carbons (Fsp3) is 0.444. The monoisotopic (exact) mass is 478 g/mol. The third kappa shape index (κ3) is 4.75. The highest BCUT2D eigenvalue weighted by molar-refractivity contribution is 5.87. The first kappa shape index (κ1) is 23.4. The first-order valence-electron chi connectivity index (χ1n) is 12.2. The summed E-state index contributed by atoms with van der Waals surface area (Å²) in [5.74, 6) is -0.634. The number of carboxylic acid groups (broad SMARTS) is 1. The Morgan fingerprint density at radius 1 is 0.971 bits per heavy atom. The molecule has 35 heavy (non-hydrogen) atoms. The molecule has 0 heterocycles. The van der Waals surface area contributed by atoms with Gasteiger partial charge in [0.1, 0.15) is 6.61 Å². The molecular weight excluding hydrogens is 448 g/mol. The van der Waals surface area contributed by atoms with Gasteiger partial charge in [0, 0.05) is 18.5 Å². The van der Waals surface area contributed by atoms with Gasteiger partial charge in [-0.05, 0) is 47.4 Å². The highest BCUT2D eigenvalue weighted by Gasteiger charge is 2.65. The van der Waals surface area contributed by atoms with Gasteiger partial charge in [0.25, 0.3) is 0 Å². The maximum Gasteiger partial charge on any atom is 0.407 e. The van der Waals surface area contributed by atoms with Crippen LogP contribution in [0.1, 0.15) is 42.7 Å². The van der Waals surface area contributed by atoms with Crippen molar-refractivity contribution in [1.29, 1.82) is 0 Å². The topological polar surface area (TPSA) is 114 Å². The van der Waals surface area contributed by atoms with Gasteiger partial charge < -0.3 is 25.2 Å². The first-order valence-corrected chi connectivity index (χ1v) is 12.2. The Balaban J connectivity index is 1.08. The Morgan fingerprint density at radius 3 is 2.34 bits per heavy atom. The summed E-state index contributed by atoms with van der Waals surface area (Å²) in [5.41, 5.74) is 4.31. The fourth-order valence-corrected chi connectivity index (χ4v) is 5.77. The Bertz CT molecular complexity index is 1090. The van der Waals surface area contributed by atoms with E-state index in [1.807, 2.05) is 24.3 Å². The molecule has 184 valence electrons. The number of aliphatic carboxylic acids is 1. The van der Waals surface area contributed by atoms with Crippen LogP contribution in [0.2, 0.25) is 0 Å². The maximum absolute atomic E-state index is 12.7. The van der Waals surface area contributed by atoms with E-state index in [4.69, 9.17) is 14.6 Å². The molecule has 0 bridgehead atoms. The molecule has 3 aliphatic carbocycles. The number of amides is 2. The molecule has 0 spiro atoms. The number of ether oxygens (including phenoxy) is 2. The van der Waals surface area contributed by atoms with Crippen LogP contribution >= 0.6 is 0 Å². The number of hydrogen-bond acceptors (Lipinski definition) is 5. The van der Waals surface area contributed by atoms with Crippen molar-refractivity contribution in [3.05, 3.63) is 59.7 Å². The average molecular weight is 479 g/mol. The summed E-state index contributed by atoms with van der Waals surface area (Å²) in [6.07, 6.45) is 1.71. The van der Waals surface area contributed by atoms with Crippen LogP contribution < -0.4 is 10.6 Å². The van der Waals surface area contributed by atoms with Gasteiger partial charge in [-0.2, -0.15) is 0 Å². The minimum Gasteiger partial charge on any atom is -0.481 e. The minimum absolute atomic E-state index is 0.0128. The van der Waals surface area contributed by atoms with E-state index in [-0.39, 0.29) is 50.0 Å². The van der Waals surface area contributed by atoms with Crippen molar-refractivity contribution in [3.63, 3.8) is 0 Å². The average Bonchev–Trinajstić information content (AvgIpc) is 3.27. The summed E-state index contributed by atoms with van der Waals surface area (Å²) >= 11 is 0. The molecular formula is C27H30N2O6. The van der Waals surface area contributed by atoms with E-state index >= 15 is 0 Å². The fourth-order valence-electron chi connectivity index (χ4n) is 5.77. The molecule has 3 aliphatic rings. The lowest BCUT2D eigenvalue weighted by Gasteiger charge is -2.19. The number of hydrogen-bond donors (Lipinski definition) is 3. The van der Waals surface area contributed by atoms with Crippen LogP contribution in [-0.2, 0) is 19.1 Å². The molecule has 2 saturated carbocycles. The molecule has 8 nitrogen and oxygen atoms in total. The summed E-state index contributed by atoms with van der Waals surface area (Å²) in [6.45, 7) is 1.02. The van der Waals surface area contributed by atoms with Crippen molar-refractivity contribution >= 4 is 18.0 Å². The zero-order valence-electron chi connectivity index (χ0n) is 19.5. The zero-order valence-corrected chi connectivity index (χ0v) is 19.5. The molecule has 0 unspecified atom stereocenters. The molecule has 8 heteroatoms. The van der Waals surface area contributed by atoms with E-state index in [9.17, 15) is 14.4 Å². The predicted octanol–water partition coefficient (Wildman–Crippen LogP) is 3.30. The summed E-state index contributed by atoms with van der Waals surface area (Å²) < 4.78 is 10.9. The minimum atomic E-state index is -0.908. The molecule has 2 fully saturated rings. The van der Waals surface area contributed by atoms with Crippen molar-refractivity contribution in [1.82, 2.24) is 10.6 Å². The van der Waals surface area contributed by atoms with E-state index < -0.39 is 17.5 Å². The van der Waals surface area contributed by atoms with E-state index in [1.165, 1.54) is 22.3 Å². The SMILES string of the molecule is O=C(O)CCOCCNC(=O)[C@]12C[C@H](NC(=O)OCC3c4ccccc4-c4ccccc43)C[C@H]1C2. The molecule has 0 radical (unpaired) electrons. The van der Waals surface area contributed by atoms with Crippen LogP contribution in [0.25, 0.3) is 11.1 Å². The third-order valence-corrected chi connectivity index (χ3v) is 7.52. The molecule has 3 N–H and O–H groups in total. The van der Waals surface area contributed by atoms with Crippen molar-refractivity contribution in [2.75, 3.05) is 26.4 Å². The molecule has 3 atom stereocenters. The number of benzene rings is 2. The van der Waals surface area contributed by atoms with Crippen molar-refractivity contribution in [3.8, 4) is 11.1 Å². The predicted molar refractivity (Wildman–Crippen MR) is 128 cm³/mol. The largest absolute Gasteiger partial charge is 0.481 e. The van der Waals surface area contributed by atoms with Crippen LogP contribution in [0.15, 0.2) is 48.5 Å². The molecule has 2 amide bonds. The second-order valence-electron chi connectivity index (χ2n) is 9.68. The normalized spacial score (nSPS) is 23.7. The Hall–Kier alpha value is -3.39. The highest BCUT2D eigenvalue weighted by Crippen LogP contribution is 2.63. The Labute approximate surface area is 204 Å². The number of rotatable bonds is 10. The summed E-state index contributed by atoms with van der Waals surface area (Å²) in [7, 11) is 0. The van der Waals surface area contributed by atoms with Gasteiger partial charge in [-0.15, -0.1) is 0 Å². The van der Waals surface area contributed by atoms with Gasteiger partial charge in [0.05, 0.1) is 25.0 Å². The molecule has 0 aromatic heterocycles. The van der Waals surface area contributed by atoms with Gasteiger partial charge in [-0.1, -0.05) is 48.5 Å². The first-order chi connectivity index (χ1) is 17.0. The summed E-state index contributed by atoms with van der Waals surface area (Å²) in [4.78, 5) is 35.8. The number of carbonyl (C=O) groups is 3. The van der Waals surface area contributed by atoms with Crippen LogP contribution in [-0.4, -0.2) is 55.5 Å². The van der Waals surface area contributed by atoms with E-state index in [1.54, 1.807) is 0 Å². The zero-order chi connectivity index (χ0) is 24.4. The summed E-state index contributed by atoms with van der Waals surface area (Å²) in [6, 6.07) is 16.4. The Morgan fingerprint density at radius 2 is 1.66 bits per heavy atom. The highest BCUT2D eigenvalue weighted by atomic mass is 16.5. The van der Waals surface area contributed by atoms with Crippen molar-refractivity contribution < 1.29 is 29.0 Å².